The molecule has 4 heterocycles. The van der Waals surface area contributed by atoms with E-state index in [0.717, 1.165) is 35.4 Å². The summed E-state index contributed by atoms with van der Waals surface area (Å²) >= 11 is 6.13. The van der Waals surface area contributed by atoms with Gasteiger partial charge in [-0.25, -0.2) is 4.98 Å². The van der Waals surface area contributed by atoms with Crippen molar-refractivity contribution >= 4 is 28.8 Å². The van der Waals surface area contributed by atoms with Crippen molar-refractivity contribution in [2.45, 2.75) is 25.4 Å². The summed E-state index contributed by atoms with van der Waals surface area (Å²) in [4.78, 5) is 19.7. The molecule has 0 bridgehead atoms. The minimum absolute atomic E-state index is 0.0675. The summed E-state index contributed by atoms with van der Waals surface area (Å²) in [5.74, 6) is 0.751. The Morgan fingerprint density at radius 1 is 1.17 bits per heavy atom. The first-order chi connectivity index (χ1) is 14.6. The third-order valence-corrected chi connectivity index (χ3v) is 5.95. The number of carbonyl (C=O) groups is 1. The third kappa shape index (κ3) is 3.21. The Morgan fingerprint density at radius 3 is 2.77 bits per heavy atom. The number of anilines is 1. The highest BCUT2D eigenvalue weighted by Crippen LogP contribution is 2.38. The van der Waals surface area contributed by atoms with Crippen molar-refractivity contribution in [1.29, 1.82) is 0 Å². The number of nitrogens with zero attached hydrogens (tertiary/aromatic N) is 4. The number of amides is 1. The summed E-state index contributed by atoms with van der Waals surface area (Å²) in [7, 11) is 0. The molecule has 0 aliphatic carbocycles. The summed E-state index contributed by atoms with van der Waals surface area (Å²) in [6.07, 6.45) is 8.19. The summed E-state index contributed by atoms with van der Waals surface area (Å²) in [5, 5.41) is 10.5. The van der Waals surface area contributed by atoms with E-state index in [4.69, 9.17) is 16.6 Å². The average Bonchev–Trinajstić information content (AvgIpc) is 3.49. The van der Waals surface area contributed by atoms with E-state index in [1.165, 1.54) is 0 Å². The van der Waals surface area contributed by atoms with Crippen molar-refractivity contribution < 1.29 is 4.79 Å². The van der Waals surface area contributed by atoms with Gasteiger partial charge in [0.05, 0.1) is 17.6 Å². The van der Waals surface area contributed by atoms with E-state index in [0.29, 0.717) is 10.7 Å². The van der Waals surface area contributed by atoms with Gasteiger partial charge in [0.2, 0.25) is 0 Å². The molecule has 1 fully saturated rings. The lowest BCUT2D eigenvalue weighted by molar-refractivity contribution is 0.0929. The van der Waals surface area contributed by atoms with Gasteiger partial charge in [0.1, 0.15) is 5.69 Å². The van der Waals surface area contributed by atoms with Crippen molar-refractivity contribution in [2.24, 2.45) is 0 Å². The van der Waals surface area contributed by atoms with Gasteiger partial charge in [0, 0.05) is 36.4 Å². The van der Waals surface area contributed by atoms with E-state index in [9.17, 15) is 4.79 Å². The number of hydrogen-bond donors (Lipinski definition) is 2. The second-order valence-electron chi connectivity index (χ2n) is 7.53. The van der Waals surface area contributed by atoms with E-state index in [-0.39, 0.29) is 18.0 Å². The molecule has 7 nitrogen and oxygen atoms in total. The van der Waals surface area contributed by atoms with Gasteiger partial charge >= 0.3 is 0 Å². The number of H-pyrrole nitrogens is 1. The smallest absolute Gasteiger partial charge is 0.269 e. The Bertz CT molecular complexity index is 1180. The molecule has 1 saturated heterocycles. The summed E-state index contributed by atoms with van der Waals surface area (Å²) in [6.45, 7) is 2.86. The number of fused-ring (bicyclic) bond motifs is 1. The molecule has 0 radical (unpaired) electrons. The Balaban J connectivity index is 1.55. The molecular formula is C22H21ClN6O. The van der Waals surface area contributed by atoms with Crippen LogP contribution in [0.2, 0.25) is 5.02 Å². The second-order valence-corrected chi connectivity index (χ2v) is 7.97. The van der Waals surface area contributed by atoms with Crippen LogP contribution < -0.4 is 10.2 Å². The molecular weight excluding hydrogens is 400 g/mol. The lowest BCUT2D eigenvalue weighted by Gasteiger charge is -2.30. The number of aromatic nitrogens is 4. The Kier molecular flexibility index (Phi) is 4.67. The summed E-state index contributed by atoms with van der Waals surface area (Å²) in [6, 6.07) is 11.4. The minimum atomic E-state index is -0.164. The Hall–Kier alpha value is -3.32. The number of hydrogen-bond acceptors (Lipinski definition) is 4. The first-order valence-electron chi connectivity index (χ1n) is 9.86. The van der Waals surface area contributed by atoms with Crippen LogP contribution in [0, 0.1) is 6.92 Å². The van der Waals surface area contributed by atoms with Crippen LogP contribution in [0.25, 0.3) is 5.52 Å². The van der Waals surface area contributed by atoms with E-state index in [2.05, 4.69) is 37.8 Å². The third-order valence-electron chi connectivity index (χ3n) is 5.70. The molecule has 1 aromatic carbocycles. The standard InChI is InChI=1S/C22H21ClN6O/c1-14-7-11-28-13-10-24-21(19(14)28)29-12-8-17(26-22(30)18-6-9-25-27-18)20(29)15-2-4-16(23)5-3-15/h2-7,9-11,13,17,20H,8,12H2,1H3,(H,25,27)(H,26,30)/t17-,20?/m0/s1. The minimum Gasteiger partial charge on any atom is -0.346 e. The van der Waals surface area contributed by atoms with E-state index < -0.39 is 0 Å². The largest absolute Gasteiger partial charge is 0.346 e. The maximum absolute atomic E-state index is 12.7. The van der Waals surface area contributed by atoms with Crippen LogP contribution in [-0.2, 0) is 0 Å². The number of benzene rings is 1. The van der Waals surface area contributed by atoms with Gasteiger partial charge in [-0.15, -0.1) is 0 Å². The number of rotatable bonds is 4. The zero-order chi connectivity index (χ0) is 20.7. The number of nitrogens with one attached hydrogen (secondary N) is 2. The van der Waals surface area contributed by atoms with Crippen LogP contribution in [-0.4, -0.2) is 38.1 Å². The van der Waals surface area contributed by atoms with Crippen LogP contribution in [0.3, 0.4) is 0 Å². The molecule has 1 aliphatic heterocycles. The van der Waals surface area contributed by atoms with E-state index >= 15 is 0 Å². The maximum Gasteiger partial charge on any atom is 0.269 e. The predicted octanol–water partition coefficient (Wildman–Crippen LogP) is 3.77. The fourth-order valence-corrected chi connectivity index (χ4v) is 4.42. The molecule has 152 valence electrons. The predicted molar refractivity (Wildman–Crippen MR) is 116 cm³/mol. The molecule has 30 heavy (non-hydrogen) atoms. The van der Waals surface area contributed by atoms with E-state index in [1.54, 1.807) is 12.3 Å². The number of halogens is 1. The van der Waals surface area contributed by atoms with Crippen molar-refractivity contribution in [3.63, 3.8) is 0 Å². The van der Waals surface area contributed by atoms with Gasteiger partial charge in [-0.3, -0.25) is 9.89 Å². The lowest BCUT2D eigenvalue weighted by atomic mass is 9.99. The molecule has 8 heteroatoms. The van der Waals surface area contributed by atoms with Crippen molar-refractivity contribution in [3.8, 4) is 0 Å². The Labute approximate surface area is 178 Å². The SMILES string of the molecule is Cc1ccn2ccnc(N3CC[C@H](NC(=O)c4ccn[nH]4)C3c3ccc(Cl)cc3)c12. The fourth-order valence-electron chi connectivity index (χ4n) is 4.29. The van der Waals surface area contributed by atoms with Gasteiger partial charge in [0.25, 0.3) is 5.91 Å². The first kappa shape index (κ1) is 18.7. The molecule has 1 aliphatic rings. The molecule has 5 rings (SSSR count). The summed E-state index contributed by atoms with van der Waals surface area (Å²) < 4.78 is 2.09. The zero-order valence-corrected chi connectivity index (χ0v) is 17.2. The van der Waals surface area contributed by atoms with Crippen LogP contribution in [0.1, 0.15) is 34.1 Å². The quantitative estimate of drug-likeness (QED) is 0.526. The molecule has 0 saturated carbocycles. The Morgan fingerprint density at radius 2 is 2.00 bits per heavy atom. The van der Waals surface area contributed by atoms with Gasteiger partial charge in [-0.05, 0) is 48.7 Å². The number of carbonyl (C=O) groups excluding carboxylic acids is 1. The van der Waals surface area contributed by atoms with Crippen LogP contribution in [0.5, 0.6) is 0 Å². The van der Waals surface area contributed by atoms with Gasteiger partial charge < -0.3 is 14.6 Å². The first-order valence-corrected chi connectivity index (χ1v) is 10.2. The molecule has 2 N–H and O–H groups in total. The van der Waals surface area contributed by atoms with Crippen LogP contribution in [0.15, 0.2) is 61.2 Å². The van der Waals surface area contributed by atoms with Crippen molar-refractivity contribution in [1.82, 2.24) is 24.9 Å². The molecule has 1 unspecified atom stereocenters. The molecule has 3 aromatic heterocycles. The van der Waals surface area contributed by atoms with Crippen molar-refractivity contribution in [3.05, 3.63) is 83.0 Å². The monoisotopic (exact) mass is 420 g/mol. The fraction of sp³-hybridized carbons (Fsp3) is 0.227. The van der Waals surface area contributed by atoms with Crippen molar-refractivity contribution in [2.75, 3.05) is 11.4 Å². The zero-order valence-electron chi connectivity index (χ0n) is 16.4. The molecule has 1 amide bonds. The van der Waals surface area contributed by atoms with Gasteiger partial charge in [-0.1, -0.05) is 23.7 Å². The highest BCUT2D eigenvalue weighted by Gasteiger charge is 2.38. The highest BCUT2D eigenvalue weighted by atomic mass is 35.5. The number of aromatic amines is 1. The topological polar surface area (TPSA) is 78.3 Å². The average molecular weight is 421 g/mol. The maximum atomic E-state index is 12.7. The number of aryl methyl sites for hydroxylation is 1. The normalized spacial score (nSPS) is 18.8. The van der Waals surface area contributed by atoms with Gasteiger partial charge in [0.15, 0.2) is 5.82 Å². The van der Waals surface area contributed by atoms with Gasteiger partial charge in [-0.2, -0.15) is 5.10 Å². The lowest BCUT2D eigenvalue weighted by Crippen LogP contribution is -2.40. The molecule has 0 spiro atoms. The van der Waals surface area contributed by atoms with Crippen LogP contribution >= 0.6 is 11.6 Å². The second kappa shape index (κ2) is 7.50. The van der Waals surface area contributed by atoms with Crippen LogP contribution in [0.4, 0.5) is 5.82 Å². The molecule has 2 atom stereocenters. The molecule has 4 aromatic rings. The highest BCUT2D eigenvalue weighted by molar-refractivity contribution is 6.30. The summed E-state index contributed by atoms with van der Waals surface area (Å²) in [5.41, 5.74) is 3.78. The van der Waals surface area contributed by atoms with E-state index in [1.807, 2.05) is 42.9 Å².